The van der Waals surface area contributed by atoms with Gasteiger partial charge in [-0.25, -0.2) is 13.1 Å². The summed E-state index contributed by atoms with van der Waals surface area (Å²) in [4.78, 5) is 0.631. The molecule has 0 aliphatic carbocycles. The third-order valence-electron chi connectivity index (χ3n) is 3.28. The first-order chi connectivity index (χ1) is 9.76. The number of sulfonamides is 1. The third-order valence-corrected chi connectivity index (χ3v) is 6.27. The maximum Gasteiger partial charge on any atom is 0.242 e. The normalized spacial score (nSPS) is 13.6. The molecule has 0 radical (unpaired) electrons. The van der Waals surface area contributed by atoms with Gasteiger partial charge in [-0.05, 0) is 44.7 Å². The molecule has 0 fully saturated rings. The number of nitrogens with one attached hydrogen (secondary N) is 1. The van der Waals surface area contributed by atoms with Crippen molar-refractivity contribution in [1.29, 1.82) is 0 Å². The van der Waals surface area contributed by atoms with Gasteiger partial charge in [-0.2, -0.15) is 0 Å². The van der Waals surface area contributed by atoms with Gasteiger partial charge >= 0.3 is 0 Å². The van der Waals surface area contributed by atoms with Crippen LogP contribution in [0.5, 0.6) is 0 Å². The summed E-state index contributed by atoms with van der Waals surface area (Å²) in [7, 11) is -3.69. The fourth-order valence-electron chi connectivity index (χ4n) is 2.39. The average molecular weight is 329 g/mol. The zero-order valence-electron chi connectivity index (χ0n) is 12.4. The van der Waals surface area contributed by atoms with Crippen molar-refractivity contribution < 1.29 is 17.9 Å². The highest BCUT2D eigenvalue weighted by atomic mass is 32.2. The van der Waals surface area contributed by atoms with Crippen molar-refractivity contribution in [3.05, 3.63) is 39.0 Å². The fraction of sp³-hybridized carbons (Fsp3) is 0.429. The number of furan rings is 1. The van der Waals surface area contributed by atoms with Crippen molar-refractivity contribution in [2.45, 2.75) is 45.2 Å². The molecule has 5 nitrogen and oxygen atoms in total. The Labute approximate surface area is 128 Å². The van der Waals surface area contributed by atoms with Gasteiger partial charge in [0, 0.05) is 11.6 Å². The highest BCUT2D eigenvalue weighted by molar-refractivity contribution is 7.89. The second kappa shape index (κ2) is 5.92. The zero-order chi connectivity index (χ0) is 15.8. The molecule has 0 saturated heterocycles. The van der Waals surface area contributed by atoms with Gasteiger partial charge in [0.15, 0.2) is 0 Å². The van der Waals surface area contributed by atoms with Crippen LogP contribution in [-0.4, -0.2) is 13.5 Å². The first kappa shape index (κ1) is 16.2. The van der Waals surface area contributed by atoms with Crippen LogP contribution in [0.2, 0.25) is 0 Å². The summed E-state index contributed by atoms with van der Waals surface area (Å²) in [5, 5.41) is 11.0. The molecule has 21 heavy (non-hydrogen) atoms. The summed E-state index contributed by atoms with van der Waals surface area (Å²) in [6.45, 7) is 6.84. The third kappa shape index (κ3) is 3.21. The highest BCUT2D eigenvalue weighted by Crippen LogP contribution is 2.29. The summed E-state index contributed by atoms with van der Waals surface area (Å²) in [6, 6.07) is 1.42. The number of aryl methyl sites for hydroxylation is 3. The van der Waals surface area contributed by atoms with Crippen LogP contribution >= 0.6 is 11.3 Å². The van der Waals surface area contributed by atoms with Crippen molar-refractivity contribution in [3.63, 3.8) is 0 Å². The largest absolute Gasteiger partial charge is 0.466 e. The Morgan fingerprint density at radius 3 is 2.57 bits per heavy atom. The predicted octanol–water partition coefficient (Wildman–Crippen LogP) is 2.80. The smallest absolute Gasteiger partial charge is 0.242 e. The van der Waals surface area contributed by atoms with Gasteiger partial charge in [0.05, 0.1) is 11.5 Å². The maximum atomic E-state index is 12.5. The Kier molecular flexibility index (Phi) is 4.57. The van der Waals surface area contributed by atoms with E-state index in [1.807, 2.05) is 19.9 Å². The summed E-state index contributed by atoms with van der Waals surface area (Å²) < 4.78 is 33.2. The molecule has 1 atom stereocenters. The lowest BCUT2D eigenvalue weighted by molar-refractivity contribution is 0.282. The second-order valence-electron chi connectivity index (χ2n) is 5.04. The summed E-state index contributed by atoms with van der Waals surface area (Å²) in [5.74, 6) is 1.45. The van der Waals surface area contributed by atoms with E-state index in [-0.39, 0.29) is 11.5 Å². The van der Waals surface area contributed by atoms with E-state index in [9.17, 15) is 13.5 Å². The molecule has 2 heterocycles. The average Bonchev–Trinajstić information content (AvgIpc) is 2.91. The van der Waals surface area contributed by atoms with E-state index in [1.165, 1.54) is 11.3 Å². The Bertz CT molecular complexity index is 743. The molecule has 0 aliphatic rings. The SMILES string of the molecule is Cc1cc(C(C)NS(=O)(=O)c2c(C)csc2CO)c(C)o1. The minimum atomic E-state index is -3.69. The molecule has 2 N–H and O–H groups in total. The van der Waals surface area contributed by atoms with Gasteiger partial charge in [-0.3, -0.25) is 0 Å². The van der Waals surface area contributed by atoms with E-state index in [1.54, 1.807) is 19.2 Å². The molecule has 0 saturated carbocycles. The molecule has 2 rings (SSSR count). The van der Waals surface area contributed by atoms with E-state index >= 15 is 0 Å². The van der Waals surface area contributed by atoms with Crippen molar-refractivity contribution in [3.8, 4) is 0 Å². The van der Waals surface area contributed by atoms with Crippen LogP contribution in [0.25, 0.3) is 0 Å². The highest BCUT2D eigenvalue weighted by Gasteiger charge is 2.26. The van der Waals surface area contributed by atoms with Gasteiger partial charge in [-0.15, -0.1) is 11.3 Å². The van der Waals surface area contributed by atoms with Gasteiger partial charge in [0.25, 0.3) is 0 Å². The standard InChI is InChI=1S/C14H19NO4S2/c1-8-7-20-13(6-16)14(8)21(17,18)15-10(3)12-5-9(2)19-11(12)4/h5,7,10,15-16H,6H2,1-4H3. The summed E-state index contributed by atoms with van der Waals surface area (Å²) >= 11 is 1.25. The zero-order valence-corrected chi connectivity index (χ0v) is 14.1. The topological polar surface area (TPSA) is 79.5 Å². The van der Waals surface area contributed by atoms with Crippen LogP contribution in [0.15, 0.2) is 20.8 Å². The predicted molar refractivity (Wildman–Crippen MR) is 81.9 cm³/mol. The van der Waals surface area contributed by atoms with Gasteiger partial charge in [0.2, 0.25) is 10.0 Å². The number of rotatable bonds is 5. The molecule has 0 amide bonds. The second-order valence-corrected chi connectivity index (χ2v) is 7.66. The van der Waals surface area contributed by atoms with Crippen molar-refractivity contribution >= 4 is 21.4 Å². The van der Waals surface area contributed by atoms with Crippen LogP contribution in [0.1, 0.15) is 40.5 Å². The summed E-state index contributed by atoms with van der Waals surface area (Å²) in [5.41, 5.74) is 1.46. The van der Waals surface area contributed by atoms with Crippen LogP contribution in [0.3, 0.4) is 0 Å². The van der Waals surface area contributed by atoms with E-state index in [4.69, 9.17) is 4.42 Å². The molecule has 116 valence electrons. The number of aliphatic hydroxyl groups excluding tert-OH is 1. The van der Waals surface area contributed by atoms with Crippen molar-refractivity contribution in [2.24, 2.45) is 0 Å². The molecule has 7 heteroatoms. The fourth-order valence-corrected chi connectivity index (χ4v) is 5.28. The minimum absolute atomic E-state index is 0.180. The quantitative estimate of drug-likeness (QED) is 0.884. The summed E-state index contributed by atoms with van der Waals surface area (Å²) in [6.07, 6.45) is 0. The van der Waals surface area contributed by atoms with Crippen molar-refractivity contribution in [1.82, 2.24) is 4.72 Å². The minimum Gasteiger partial charge on any atom is -0.466 e. The first-order valence-electron chi connectivity index (χ1n) is 6.53. The lowest BCUT2D eigenvalue weighted by Crippen LogP contribution is -2.28. The lowest BCUT2D eigenvalue weighted by atomic mass is 10.1. The van der Waals surface area contributed by atoms with Gasteiger partial charge in [-0.1, -0.05) is 0 Å². The number of aliphatic hydroxyl groups is 1. The monoisotopic (exact) mass is 329 g/mol. The molecule has 1 unspecified atom stereocenters. The van der Waals surface area contributed by atoms with E-state index in [0.717, 1.165) is 11.3 Å². The van der Waals surface area contributed by atoms with E-state index in [0.29, 0.717) is 16.2 Å². The Morgan fingerprint density at radius 2 is 2.05 bits per heavy atom. The molecule has 2 aromatic heterocycles. The number of thiophene rings is 1. The first-order valence-corrected chi connectivity index (χ1v) is 8.89. The Balaban J connectivity index is 2.33. The van der Waals surface area contributed by atoms with Crippen LogP contribution in [0.4, 0.5) is 0 Å². The number of hydrogen-bond acceptors (Lipinski definition) is 5. The van der Waals surface area contributed by atoms with Crippen LogP contribution < -0.4 is 4.72 Å². The van der Waals surface area contributed by atoms with Crippen LogP contribution in [-0.2, 0) is 16.6 Å². The maximum absolute atomic E-state index is 12.5. The van der Waals surface area contributed by atoms with E-state index in [2.05, 4.69) is 4.72 Å². The van der Waals surface area contributed by atoms with E-state index < -0.39 is 16.1 Å². The Hall–Kier alpha value is -1.15. The van der Waals surface area contributed by atoms with Crippen molar-refractivity contribution in [2.75, 3.05) is 0 Å². The lowest BCUT2D eigenvalue weighted by Gasteiger charge is -2.14. The van der Waals surface area contributed by atoms with Gasteiger partial charge in [0.1, 0.15) is 16.4 Å². The molecule has 0 aliphatic heterocycles. The Morgan fingerprint density at radius 1 is 1.38 bits per heavy atom. The molecule has 0 spiro atoms. The molecular formula is C14H19NO4S2. The molecule has 0 aromatic carbocycles. The number of hydrogen-bond donors (Lipinski definition) is 2. The molecular weight excluding hydrogens is 310 g/mol. The van der Waals surface area contributed by atoms with Crippen LogP contribution in [0, 0.1) is 20.8 Å². The molecule has 0 bridgehead atoms. The molecule has 2 aromatic rings. The van der Waals surface area contributed by atoms with Gasteiger partial charge < -0.3 is 9.52 Å².